The average Bonchev–Trinajstić information content (AvgIpc) is 2.52. The highest BCUT2D eigenvalue weighted by Crippen LogP contribution is 2.28. The molecule has 0 unspecified atom stereocenters. The number of carbonyl (C=O) groups is 1. The maximum absolute atomic E-state index is 14.4. The summed E-state index contributed by atoms with van der Waals surface area (Å²) in [5.74, 6) is -1.15. The predicted molar refractivity (Wildman–Crippen MR) is 103 cm³/mol. The van der Waals surface area contributed by atoms with E-state index in [2.05, 4.69) is 19.2 Å². The van der Waals surface area contributed by atoms with Crippen LogP contribution in [0.25, 0.3) is 11.1 Å². The number of hydrogen-bond acceptors (Lipinski definition) is 2. The molecule has 142 valence electrons. The maximum Gasteiger partial charge on any atom is 0.248 e. The summed E-state index contributed by atoms with van der Waals surface area (Å²) in [7, 11) is 0. The molecule has 0 aliphatic heterocycles. The second-order valence-electron chi connectivity index (χ2n) is 6.67. The van der Waals surface area contributed by atoms with Crippen LogP contribution in [0, 0.1) is 24.5 Å². The van der Waals surface area contributed by atoms with Crippen molar-refractivity contribution in [3.63, 3.8) is 0 Å². The molecule has 3 nitrogen and oxygen atoms in total. The Labute approximate surface area is 159 Å². The molecular formula is C20H25ClF2N2O. The fourth-order valence-corrected chi connectivity index (χ4v) is 2.67. The van der Waals surface area contributed by atoms with E-state index in [9.17, 15) is 13.6 Å². The van der Waals surface area contributed by atoms with E-state index in [0.29, 0.717) is 29.2 Å². The first kappa shape index (κ1) is 22.1. The number of halogens is 3. The largest absolute Gasteiger partial charge is 0.366 e. The summed E-state index contributed by atoms with van der Waals surface area (Å²) in [6.07, 6.45) is 0.951. The topological polar surface area (TPSA) is 55.1 Å². The van der Waals surface area contributed by atoms with Gasteiger partial charge in [-0.25, -0.2) is 8.78 Å². The minimum Gasteiger partial charge on any atom is -0.366 e. The average molecular weight is 383 g/mol. The van der Waals surface area contributed by atoms with E-state index in [-0.39, 0.29) is 24.5 Å². The van der Waals surface area contributed by atoms with Crippen molar-refractivity contribution in [3.8, 4) is 11.1 Å². The second-order valence-corrected chi connectivity index (χ2v) is 6.67. The number of rotatable bonds is 7. The standard InChI is InChI=1S/C20H24F2N2O.ClH/c1-12(2)6-7-24-11-17-18(21)9-15(10-19(17)22)16-5-4-14(20(23)25)8-13(16)3;/h4-5,8-10,12,24H,6-7,11H2,1-3H3,(H2,23,25);1H. The van der Waals surface area contributed by atoms with Crippen molar-refractivity contribution in [2.24, 2.45) is 11.7 Å². The third kappa shape index (κ3) is 5.51. The van der Waals surface area contributed by atoms with Crippen molar-refractivity contribution in [1.29, 1.82) is 0 Å². The Kier molecular flexibility index (Phi) is 8.18. The van der Waals surface area contributed by atoms with Gasteiger partial charge < -0.3 is 11.1 Å². The molecule has 0 radical (unpaired) electrons. The molecule has 0 aliphatic rings. The number of primary amides is 1. The van der Waals surface area contributed by atoms with Crippen LogP contribution in [0.4, 0.5) is 8.78 Å². The summed E-state index contributed by atoms with van der Waals surface area (Å²) in [4.78, 5) is 11.2. The molecule has 0 heterocycles. The van der Waals surface area contributed by atoms with E-state index < -0.39 is 17.5 Å². The van der Waals surface area contributed by atoms with Crippen molar-refractivity contribution in [3.05, 3.63) is 58.7 Å². The summed E-state index contributed by atoms with van der Waals surface area (Å²) in [5.41, 5.74) is 7.50. The van der Waals surface area contributed by atoms with Gasteiger partial charge in [-0.05, 0) is 66.8 Å². The lowest BCUT2D eigenvalue weighted by Gasteiger charge is -2.12. The number of aryl methyl sites for hydroxylation is 1. The van der Waals surface area contributed by atoms with Gasteiger partial charge in [0, 0.05) is 17.7 Å². The van der Waals surface area contributed by atoms with Crippen LogP contribution in [-0.4, -0.2) is 12.5 Å². The number of amides is 1. The van der Waals surface area contributed by atoms with E-state index in [1.54, 1.807) is 25.1 Å². The van der Waals surface area contributed by atoms with Gasteiger partial charge in [-0.1, -0.05) is 19.9 Å². The van der Waals surface area contributed by atoms with Crippen LogP contribution in [-0.2, 0) is 6.54 Å². The smallest absolute Gasteiger partial charge is 0.248 e. The molecule has 0 spiro atoms. The third-order valence-corrected chi connectivity index (χ3v) is 4.16. The zero-order chi connectivity index (χ0) is 18.6. The molecule has 0 saturated heterocycles. The summed E-state index contributed by atoms with van der Waals surface area (Å²) in [5, 5.41) is 3.07. The van der Waals surface area contributed by atoms with E-state index in [0.717, 1.165) is 12.0 Å². The van der Waals surface area contributed by atoms with Crippen molar-refractivity contribution in [2.45, 2.75) is 33.7 Å². The van der Waals surface area contributed by atoms with Gasteiger partial charge in [-0.2, -0.15) is 0 Å². The molecule has 0 fully saturated rings. The first-order valence-electron chi connectivity index (χ1n) is 8.39. The van der Waals surface area contributed by atoms with Crippen LogP contribution in [0.3, 0.4) is 0 Å². The highest BCUT2D eigenvalue weighted by atomic mass is 35.5. The van der Waals surface area contributed by atoms with Crippen LogP contribution >= 0.6 is 12.4 Å². The molecule has 1 amide bonds. The van der Waals surface area contributed by atoms with E-state index >= 15 is 0 Å². The summed E-state index contributed by atoms with van der Waals surface area (Å²) >= 11 is 0. The molecule has 0 bridgehead atoms. The van der Waals surface area contributed by atoms with Crippen molar-refractivity contribution < 1.29 is 13.6 Å². The van der Waals surface area contributed by atoms with Crippen LogP contribution < -0.4 is 11.1 Å². The van der Waals surface area contributed by atoms with Gasteiger partial charge in [0.15, 0.2) is 0 Å². The second kappa shape index (κ2) is 9.64. The Bertz CT molecular complexity index is 755. The zero-order valence-corrected chi connectivity index (χ0v) is 16.1. The first-order valence-corrected chi connectivity index (χ1v) is 8.39. The number of hydrogen-bond donors (Lipinski definition) is 2. The Balaban J connectivity index is 0.00000338. The SMILES string of the molecule is Cc1cc(C(N)=O)ccc1-c1cc(F)c(CNCCC(C)C)c(F)c1.Cl. The molecule has 3 N–H and O–H groups in total. The van der Waals surface area contributed by atoms with Gasteiger partial charge in [0.2, 0.25) is 5.91 Å². The Morgan fingerprint density at radius 3 is 2.27 bits per heavy atom. The van der Waals surface area contributed by atoms with Gasteiger partial charge in [-0.3, -0.25) is 4.79 Å². The summed E-state index contributed by atoms with van der Waals surface area (Å²) in [6, 6.07) is 7.49. The third-order valence-electron chi connectivity index (χ3n) is 4.16. The van der Waals surface area contributed by atoms with Crippen LogP contribution in [0.5, 0.6) is 0 Å². The number of nitrogens with two attached hydrogens (primary N) is 1. The lowest BCUT2D eigenvalue weighted by molar-refractivity contribution is 0.1000. The molecular weight excluding hydrogens is 358 g/mol. The monoisotopic (exact) mass is 382 g/mol. The normalized spacial score (nSPS) is 10.7. The van der Waals surface area contributed by atoms with Crippen molar-refractivity contribution >= 4 is 18.3 Å². The van der Waals surface area contributed by atoms with E-state index in [1.165, 1.54) is 12.1 Å². The number of nitrogens with one attached hydrogen (secondary N) is 1. The molecule has 2 rings (SSSR count). The fraction of sp³-hybridized carbons (Fsp3) is 0.350. The Hall–Kier alpha value is -1.98. The Morgan fingerprint density at radius 1 is 1.15 bits per heavy atom. The van der Waals surface area contributed by atoms with E-state index in [1.807, 2.05) is 0 Å². The highest BCUT2D eigenvalue weighted by molar-refractivity contribution is 5.93. The first-order chi connectivity index (χ1) is 11.8. The lowest BCUT2D eigenvalue weighted by atomic mass is 9.97. The summed E-state index contributed by atoms with van der Waals surface area (Å²) < 4.78 is 28.7. The van der Waals surface area contributed by atoms with Crippen LogP contribution in [0.2, 0.25) is 0 Å². The molecule has 0 aromatic heterocycles. The molecule has 26 heavy (non-hydrogen) atoms. The maximum atomic E-state index is 14.4. The summed E-state index contributed by atoms with van der Waals surface area (Å²) in [6.45, 7) is 6.85. The van der Waals surface area contributed by atoms with Crippen molar-refractivity contribution in [1.82, 2.24) is 5.32 Å². The number of carbonyl (C=O) groups excluding carboxylic acids is 1. The minimum atomic E-state index is -0.578. The van der Waals surface area contributed by atoms with Crippen LogP contribution in [0.15, 0.2) is 30.3 Å². The molecule has 2 aromatic carbocycles. The molecule has 0 atom stereocenters. The van der Waals surface area contributed by atoms with Gasteiger partial charge >= 0.3 is 0 Å². The predicted octanol–water partition coefficient (Wildman–Crippen LogP) is 4.60. The molecule has 0 aliphatic carbocycles. The van der Waals surface area contributed by atoms with Crippen molar-refractivity contribution in [2.75, 3.05) is 6.54 Å². The molecule has 0 saturated carbocycles. The van der Waals surface area contributed by atoms with Gasteiger partial charge in [0.1, 0.15) is 11.6 Å². The lowest BCUT2D eigenvalue weighted by Crippen LogP contribution is -2.18. The molecule has 6 heteroatoms. The van der Waals surface area contributed by atoms with Crippen LogP contribution in [0.1, 0.15) is 41.8 Å². The van der Waals surface area contributed by atoms with Gasteiger partial charge in [0.25, 0.3) is 0 Å². The minimum absolute atomic E-state index is 0. The fourth-order valence-electron chi connectivity index (χ4n) is 2.67. The molecule has 2 aromatic rings. The highest BCUT2D eigenvalue weighted by Gasteiger charge is 2.14. The zero-order valence-electron chi connectivity index (χ0n) is 15.2. The number of benzene rings is 2. The quantitative estimate of drug-likeness (QED) is 0.688. The van der Waals surface area contributed by atoms with Gasteiger partial charge in [-0.15, -0.1) is 12.4 Å². The van der Waals surface area contributed by atoms with Gasteiger partial charge in [0.05, 0.1) is 0 Å². The Morgan fingerprint density at radius 2 is 1.77 bits per heavy atom. The van der Waals surface area contributed by atoms with E-state index in [4.69, 9.17) is 5.73 Å².